The number of nitrogens with zero attached hydrogens (tertiary/aromatic N) is 4. The van der Waals surface area contributed by atoms with Crippen LogP contribution in [-0.2, 0) is 6.54 Å². The highest BCUT2D eigenvalue weighted by Crippen LogP contribution is 2.16. The van der Waals surface area contributed by atoms with Gasteiger partial charge in [0.25, 0.3) is 0 Å². The van der Waals surface area contributed by atoms with E-state index in [2.05, 4.69) is 15.0 Å². The molecule has 4 nitrogen and oxygen atoms in total. The Hall–Kier alpha value is -2.20. The van der Waals surface area contributed by atoms with Gasteiger partial charge in [0.2, 0.25) is 0 Å². The standard InChI is InChI=1S/C14H11ClN4/c15-13-5-4-11(9-18-13)10-19-8-7-17-14(19)12-3-1-2-6-16-12/h1-9H,10H2. The summed E-state index contributed by atoms with van der Waals surface area (Å²) in [5.41, 5.74) is 1.93. The molecule has 3 rings (SSSR count). The maximum Gasteiger partial charge on any atom is 0.158 e. The third-order valence-corrected chi connectivity index (χ3v) is 2.97. The van der Waals surface area contributed by atoms with Crippen LogP contribution < -0.4 is 0 Å². The van der Waals surface area contributed by atoms with Gasteiger partial charge in [-0.1, -0.05) is 23.7 Å². The molecule has 0 N–H and O–H groups in total. The number of aromatic nitrogens is 4. The number of hydrogen-bond acceptors (Lipinski definition) is 3. The van der Waals surface area contributed by atoms with Crippen LogP contribution in [0, 0.1) is 0 Å². The van der Waals surface area contributed by atoms with E-state index in [0.717, 1.165) is 17.1 Å². The van der Waals surface area contributed by atoms with Gasteiger partial charge in [-0.3, -0.25) is 4.98 Å². The van der Waals surface area contributed by atoms with Crippen LogP contribution in [0.4, 0.5) is 0 Å². The van der Waals surface area contributed by atoms with E-state index < -0.39 is 0 Å². The van der Waals surface area contributed by atoms with Crippen molar-refractivity contribution in [3.05, 3.63) is 65.8 Å². The number of pyridine rings is 2. The second-order valence-electron chi connectivity index (χ2n) is 4.08. The predicted molar refractivity (Wildman–Crippen MR) is 73.8 cm³/mol. The smallest absolute Gasteiger partial charge is 0.158 e. The highest BCUT2D eigenvalue weighted by molar-refractivity contribution is 6.29. The van der Waals surface area contributed by atoms with Crippen molar-refractivity contribution in [2.45, 2.75) is 6.54 Å². The lowest BCUT2D eigenvalue weighted by molar-refractivity contribution is 0.799. The third-order valence-electron chi connectivity index (χ3n) is 2.75. The van der Waals surface area contributed by atoms with Gasteiger partial charge in [0.1, 0.15) is 10.8 Å². The monoisotopic (exact) mass is 270 g/mol. The number of imidazole rings is 1. The normalized spacial score (nSPS) is 10.6. The molecule has 0 spiro atoms. The van der Waals surface area contributed by atoms with Crippen LogP contribution in [0.2, 0.25) is 5.15 Å². The molecule has 0 amide bonds. The maximum atomic E-state index is 5.78. The second-order valence-corrected chi connectivity index (χ2v) is 4.47. The van der Waals surface area contributed by atoms with Crippen molar-refractivity contribution < 1.29 is 0 Å². The SMILES string of the molecule is Clc1ccc(Cn2ccnc2-c2ccccn2)cn1. The molecule has 0 aliphatic rings. The highest BCUT2D eigenvalue weighted by atomic mass is 35.5. The molecule has 0 unspecified atom stereocenters. The molecule has 3 aromatic rings. The van der Waals surface area contributed by atoms with Crippen molar-refractivity contribution in [1.29, 1.82) is 0 Å². The summed E-state index contributed by atoms with van der Waals surface area (Å²) in [4.78, 5) is 12.7. The summed E-state index contributed by atoms with van der Waals surface area (Å²) in [6.45, 7) is 0.691. The van der Waals surface area contributed by atoms with Crippen molar-refractivity contribution >= 4 is 11.6 Å². The van der Waals surface area contributed by atoms with Gasteiger partial charge in [-0.05, 0) is 23.8 Å². The number of hydrogen-bond donors (Lipinski definition) is 0. The first kappa shape index (κ1) is 11.9. The average molecular weight is 271 g/mol. The van der Waals surface area contributed by atoms with Crippen molar-refractivity contribution in [3.63, 3.8) is 0 Å². The van der Waals surface area contributed by atoms with Gasteiger partial charge in [-0.15, -0.1) is 0 Å². The Kier molecular flexibility index (Phi) is 3.25. The first-order valence-electron chi connectivity index (χ1n) is 5.86. The van der Waals surface area contributed by atoms with E-state index >= 15 is 0 Å². The Balaban J connectivity index is 1.91. The van der Waals surface area contributed by atoms with Crippen LogP contribution in [0.1, 0.15) is 5.56 Å². The first-order valence-corrected chi connectivity index (χ1v) is 6.24. The van der Waals surface area contributed by atoms with E-state index in [0.29, 0.717) is 11.7 Å². The fraction of sp³-hybridized carbons (Fsp3) is 0.0714. The van der Waals surface area contributed by atoms with Crippen molar-refractivity contribution in [2.75, 3.05) is 0 Å². The van der Waals surface area contributed by atoms with Crippen molar-refractivity contribution in [1.82, 2.24) is 19.5 Å². The Morgan fingerprint density at radius 3 is 2.68 bits per heavy atom. The second kappa shape index (κ2) is 5.20. The van der Waals surface area contributed by atoms with E-state index in [1.165, 1.54) is 0 Å². The zero-order valence-corrected chi connectivity index (χ0v) is 10.8. The third kappa shape index (κ3) is 2.63. The molecule has 0 aliphatic carbocycles. The maximum absolute atomic E-state index is 5.78. The van der Waals surface area contributed by atoms with Crippen LogP contribution >= 0.6 is 11.6 Å². The van der Waals surface area contributed by atoms with E-state index in [1.54, 1.807) is 24.7 Å². The fourth-order valence-electron chi connectivity index (χ4n) is 1.86. The van der Waals surface area contributed by atoms with E-state index in [1.807, 2.05) is 35.0 Å². The average Bonchev–Trinajstić information content (AvgIpc) is 2.90. The molecule has 0 saturated heterocycles. The number of rotatable bonds is 3. The topological polar surface area (TPSA) is 43.6 Å². The minimum Gasteiger partial charge on any atom is -0.325 e. The van der Waals surface area contributed by atoms with Crippen molar-refractivity contribution in [3.8, 4) is 11.5 Å². The van der Waals surface area contributed by atoms with Gasteiger partial charge in [0.05, 0.1) is 6.54 Å². The Labute approximate surface area is 115 Å². The summed E-state index contributed by atoms with van der Waals surface area (Å²) in [5, 5.41) is 0.499. The number of halogens is 1. The Morgan fingerprint density at radius 1 is 1.00 bits per heavy atom. The summed E-state index contributed by atoms with van der Waals surface area (Å²) < 4.78 is 2.03. The van der Waals surface area contributed by atoms with Crippen LogP contribution in [0.5, 0.6) is 0 Å². The minimum absolute atomic E-state index is 0.499. The molecule has 0 saturated carbocycles. The van der Waals surface area contributed by atoms with Gasteiger partial charge in [0, 0.05) is 24.8 Å². The zero-order chi connectivity index (χ0) is 13.1. The van der Waals surface area contributed by atoms with Gasteiger partial charge in [0.15, 0.2) is 5.82 Å². The summed E-state index contributed by atoms with van der Waals surface area (Å²) in [5.74, 6) is 0.843. The molecule has 0 atom stereocenters. The molecule has 0 fully saturated rings. The van der Waals surface area contributed by atoms with Crippen LogP contribution in [0.25, 0.3) is 11.5 Å². The molecular formula is C14H11ClN4. The largest absolute Gasteiger partial charge is 0.325 e. The molecule has 0 radical (unpaired) electrons. The molecule has 19 heavy (non-hydrogen) atoms. The van der Waals surface area contributed by atoms with Gasteiger partial charge < -0.3 is 4.57 Å². The van der Waals surface area contributed by atoms with E-state index in [-0.39, 0.29) is 0 Å². The first-order chi connectivity index (χ1) is 9.33. The summed E-state index contributed by atoms with van der Waals surface area (Å²) in [6, 6.07) is 9.52. The van der Waals surface area contributed by atoms with Crippen molar-refractivity contribution in [2.24, 2.45) is 0 Å². The van der Waals surface area contributed by atoms with E-state index in [4.69, 9.17) is 11.6 Å². The lowest BCUT2D eigenvalue weighted by Gasteiger charge is -2.07. The van der Waals surface area contributed by atoms with Gasteiger partial charge in [-0.2, -0.15) is 0 Å². The lowest BCUT2D eigenvalue weighted by Crippen LogP contribution is -2.02. The van der Waals surface area contributed by atoms with Crippen LogP contribution in [0.15, 0.2) is 55.1 Å². The molecule has 0 aliphatic heterocycles. The predicted octanol–water partition coefficient (Wildman–Crippen LogP) is 3.04. The molecule has 94 valence electrons. The molecular weight excluding hydrogens is 260 g/mol. The van der Waals surface area contributed by atoms with Gasteiger partial charge in [-0.25, -0.2) is 9.97 Å². The van der Waals surface area contributed by atoms with Crippen LogP contribution in [0.3, 0.4) is 0 Å². The van der Waals surface area contributed by atoms with E-state index in [9.17, 15) is 0 Å². The molecule has 5 heteroatoms. The summed E-state index contributed by atoms with van der Waals surface area (Å²) in [7, 11) is 0. The van der Waals surface area contributed by atoms with Crippen LogP contribution in [-0.4, -0.2) is 19.5 Å². The highest BCUT2D eigenvalue weighted by Gasteiger charge is 2.07. The zero-order valence-electron chi connectivity index (χ0n) is 10.1. The summed E-state index contributed by atoms with van der Waals surface area (Å²) >= 11 is 5.78. The Bertz CT molecular complexity index is 661. The summed E-state index contributed by atoms with van der Waals surface area (Å²) in [6.07, 6.45) is 7.23. The molecule has 3 heterocycles. The van der Waals surface area contributed by atoms with Gasteiger partial charge >= 0.3 is 0 Å². The lowest BCUT2D eigenvalue weighted by atomic mass is 10.2. The quantitative estimate of drug-likeness (QED) is 0.687. The Morgan fingerprint density at radius 2 is 1.95 bits per heavy atom. The fourth-order valence-corrected chi connectivity index (χ4v) is 1.97. The molecule has 3 aromatic heterocycles. The molecule has 0 bridgehead atoms. The minimum atomic E-state index is 0.499. The molecule has 0 aromatic carbocycles.